The molecule has 3 heteroatoms. The van der Waals surface area contributed by atoms with Crippen LogP contribution >= 0.6 is 11.6 Å². The van der Waals surface area contributed by atoms with Crippen molar-refractivity contribution in [3.8, 4) is 0 Å². The molecular formula is C16H25ClN2. The highest BCUT2D eigenvalue weighted by Gasteiger charge is 2.30. The largest absolute Gasteiger partial charge is 0.314 e. The summed E-state index contributed by atoms with van der Waals surface area (Å²) in [6.45, 7) is 6.68. The molecule has 1 N–H and O–H groups in total. The number of benzene rings is 1. The molecule has 1 aromatic rings. The molecule has 0 aliphatic carbocycles. The molecular weight excluding hydrogens is 256 g/mol. The number of likely N-dealkylation sites (tertiary alicyclic amines) is 1. The van der Waals surface area contributed by atoms with Crippen molar-refractivity contribution >= 4 is 11.6 Å². The summed E-state index contributed by atoms with van der Waals surface area (Å²) in [4.78, 5) is 2.47. The van der Waals surface area contributed by atoms with Crippen molar-refractivity contribution in [3.63, 3.8) is 0 Å². The summed E-state index contributed by atoms with van der Waals surface area (Å²) in [5.41, 5.74) is 1.35. The SMILES string of the molecule is CC(C)NCC1CCCN(C)C1c1cccc(Cl)c1. The van der Waals surface area contributed by atoms with E-state index in [1.54, 1.807) is 0 Å². The van der Waals surface area contributed by atoms with Gasteiger partial charge in [0, 0.05) is 23.7 Å². The number of halogens is 1. The summed E-state index contributed by atoms with van der Waals surface area (Å²) < 4.78 is 0. The maximum absolute atomic E-state index is 6.15. The predicted molar refractivity (Wildman–Crippen MR) is 82.7 cm³/mol. The highest BCUT2D eigenvalue weighted by atomic mass is 35.5. The molecule has 1 saturated heterocycles. The average molecular weight is 281 g/mol. The quantitative estimate of drug-likeness (QED) is 0.904. The Kier molecular flexibility index (Phi) is 5.26. The first-order valence-corrected chi connectivity index (χ1v) is 7.65. The van der Waals surface area contributed by atoms with E-state index < -0.39 is 0 Å². The smallest absolute Gasteiger partial charge is 0.0409 e. The lowest BCUT2D eigenvalue weighted by molar-refractivity contribution is 0.118. The number of nitrogens with one attached hydrogen (secondary N) is 1. The third-order valence-electron chi connectivity index (χ3n) is 3.99. The van der Waals surface area contributed by atoms with Gasteiger partial charge in [0.25, 0.3) is 0 Å². The number of hydrogen-bond acceptors (Lipinski definition) is 2. The van der Waals surface area contributed by atoms with Crippen LogP contribution in [0.1, 0.15) is 38.3 Å². The first-order valence-electron chi connectivity index (χ1n) is 7.27. The van der Waals surface area contributed by atoms with Gasteiger partial charge in [0.1, 0.15) is 0 Å². The Morgan fingerprint density at radius 1 is 1.42 bits per heavy atom. The van der Waals surface area contributed by atoms with Gasteiger partial charge in [-0.1, -0.05) is 37.6 Å². The number of piperidine rings is 1. The summed E-state index contributed by atoms with van der Waals surface area (Å²) in [7, 11) is 2.23. The molecule has 0 aromatic heterocycles. The third-order valence-corrected chi connectivity index (χ3v) is 4.22. The second kappa shape index (κ2) is 6.74. The molecule has 1 heterocycles. The van der Waals surface area contributed by atoms with Crippen molar-refractivity contribution in [3.05, 3.63) is 34.9 Å². The minimum absolute atomic E-state index is 0.485. The molecule has 106 valence electrons. The number of rotatable bonds is 4. The van der Waals surface area contributed by atoms with Gasteiger partial charge in [-0.15, -0.1) is 0 Å². The van der Waals surface area contributed by atoms with E-state index in [9.17, 15) is 0 Å². The second-order valence-electron chi connectivity index (χ2n) is 5.95. The van der Waals surface area contributed by atoms with Crippen LogP contribution in [0.25, 0.3) is 0 Å². The van der Waals surface area contributed by atoms with Gasteiger partial charge in [-0.25, -0.2) is 0 Å². The van der Waals surface area contributed by atoms with Crippen LogP contribution in [0, 0.1) is 5.92 Å². The van der Waals surface area contributed by atoms with Crippen LogP contribution in [0.2, 0.25) is 5.02 Å². The van der Waals surface area contributed by atoms with Gasteiger partial charge in [-0.2, -0.15) is 0 Å². The summed E-state index contributed by atoms with van der Waals surface area (Å²) in [5, 5.41) is 4.43. The van der Waals surface area contributed by atoms with Crippen LogP contribution in [0.4, 0.5) is 0 Å². The van der Waals surface area contributed by atoms with Crippen LogP contribution in [0.15, 0.2) is 24.3 Å². The molecule has 2 unspecified atom stereocenters. The van der Waals surface area contributed by atoms with Gasteiger partial charge >= 0.3 is 0 Å². The number of hydrogen-bond donors (Lipinski definition) is 1. The molecule has 2 atom stereocenters. The van der Waals surface area contributed by atoms with Crippen LogP contribution in [-0.4, -0.2) is 31.1 Å². The lowest BCUT2D eigenvalue weighted by Crippen LogP contribution is -2.41. The summed E-state index contributed by atoms with van der Waals surface area (Å²) in [5.74, 6) is 0.666. The number of nitrogens with zero attached hydrogens (tertiary/aromatic N) is 1. The molecule has 0 saturated carbocycles. The topological polar surface area (TPSA) is 15.3 Å². The highest BCUT2D eigenvalue weighted by molar-refractivity contribution is 6.30. The average Bonchev–Trinajstić information content (AvgIpc) is 2.36. The minimum Gasteiger partial charge on any atom is -0.314 e. The lowest BCUT2D eigenvalue weighted by Gasteiger charge is -2.40. The van der Waals surface area contributed by atoms with Gasteiger partial charge < -0.3 is 5.32 Å². The third kappa shape index (κ3) is 3.95. The van der Waals surface area contributed by atoms with E-state index in [-0.39, 0.29) is 0 Å². The molecule has 0 amide bonds. The summed E-state index contributed by atoms with van der Waals surface area (Å²) in [6, 6.07) is 9.38. The molecule has 1 aliphatic rings. The zero-order valence-electron chi connectivity index (χ0n) is 12.2. The van der Waals surface area contributed by atoms with E-state index >= 15 is 0 Å². The van der Waals surface area contributed by atoms with E-state index in [2.05, 4.69) is 49.3 Å². The Morgan fingerprint density at radius 2 is 2.21 bits per heavy atom. The minimum atomic E-state index is 0.485. The van der Waals surface area contributed by atoms with Crippen LogP contribution < -0.4 is 5.32 Å². The van der Waals surface area contributed by atoms with Crippen LogP contribution in [0.3, 0.4) is 0 Å². The van der Waals surface area contributed by atoms with E-state index in [0.29, 0.717) is 18.0 Å². The maximum atomic E-state index is 6.15. The van der Waals surface area contributed by atoms with Crippen molar-refractivity contribution < 1.29 is 0 Å². The van der Waals surface area contributed by atoms with Crippen LogP contribution in [0.5, 0.6) is 0 Å². The van der Waals surface area contributed by atoms with E-state index in [0.717, 1.165) is 11.6 Å². The molecule has 1 aliphatic heterocycles. The van der Waals surface area contributed by atoms with Gasteiger partial charge in [0.2, 0.25) is 0 Å². The molecule has 1 aromatic carbocycles. The Bertz CT molecular complexity index is 405. The zero-order valence-corrected chi connectivity index (χ0v) is 13.0. The van der Waals surface area contributed by atoms with Crippen molar-refractivity contribution in [1.29, 1.82) is 0 Å². The fourth-order valence-corrected chi connectivity index (χ4v) is 3.28. The molecule has 2 nitrogen and oxygen atoms in total. The molecule has 1 fully saturated rings. The fraction of sp³-hybridized carbons (Fsp3) is 0.625. The normalized spacial score (nSPS) is 24.9. The summed E-state index contributed by atoms with van der Waals surface area (Å²) in [6.07, 6.45) is 2.58. The molecule has 0 spiro atoms. The maximum Gasteiger partial charge on any atom is 0.0409 e. The first kappa shape index (κ1) is 14.8. The predicted octanol–water partition coefficient (Wildman–Crippen LogP) is 3.72. The Labute approximate surface area is 122 Å². The monoisotopic (exact) mass is 280 g/mol. The van der Waals surface area contributed by atoms with Gasteiger partial charge in [-0.3, -0.25) is 4.90 Å². The van der Waals surface area contributed by atoms with Crippen LogP contribution in [-0.2, 0) is 0 Å². The van der Waals surface area contributed by atoms with Gasteiger partial charge in [0.15, 0.2) is 0 Å². The standard InChI is InChI=1S/C16H25ClN2/c1-12(2)18-11-14-7-5-9-19(3)16(14)13-6-4-8-15(17)10-13/h4,6,8,10,12,14,16,18H,5,7,9,11H2,1-3H3. The summed E-state index contributed by atoms with van der Waals surface area (Å²) >= 11 is 6.15. The Balaban J connectivity index is 2.16. The van der Waals surface area contributed by atoms with E-state index in [4.69, 9.17) is 11.6 Å². The van der Waals surface area contributed by atoms with Gasteiger partial charge in [-0.05, 0) is 50.0 Å². The van der Waals surface area contributed by atoms with E-state index in [1.165, 1.54) is 24.9 Å². The molecule has 2 rings (SSSR count). The lowest BCUT2D eigenvalue weighted by atomic mass is 9.85. The van der Waals surface area contributed by atoms with Gasteiger partial charge in [0.05, 0.1) is 0 Å². The van der Waals surface area contributed by atoms with E-state index in [1.807, 2.05) is 6.07 Å². The molecule has 0 bridgehead atoms. The van der Waals surface area contributed by atoms with Crippen molar-refractivity contribution in [2.45, 2.75) is 38.8 Å². The van der Waals surface area contributed by atoms with Crippen molar-refractivity contribution in [1.82, 2.24) is 10.2 Å². The Hall–Kier alpha value is -0.570. The molecule has 0 radical (unpaired) electrons. The second-order valence-corrected chi connectivity index (χ2v) is 6.38. The molecule has 19 heavy (non-hydrogen) atoms. The Morgan fingerprint density at radius 3 is 2.89 bits per heavy atom. The fourth-order valence-electron chi connectivity index (χ4n) is 3.08. The zero-order chi connectivity index (χ0) is 13.8. The first-order chi connectivity index (χ1) is 9.08. The highest BCUT2D eigenvalue weighted by Crippen LogP contribution is 2.35. The van der Waals surface area contributed by atoms with Crippen molar-refractivity contribution in [2.75, 3.05) is 20.1 Å². The van der Waals surface area contributed by atoms with Crippen molar-refractivity contribution in [2.24, 2.45) is 5.92 Å².